The summed E-state index contributed by atoms with van der Waals surface area (Å²) in [4.78, 5) is 50.3. The first kappa shape index (κ1) is 28.7. The van der Waals surface area contributed by atoms with Crippen molar-refractivity contribution in [3.05, 3.63) is 48.6 Å². The molecule has 9 heteroatoms. The van der Waals surface area contributed by atoms with Crippen molar-refractivity contribution < 1.29 is 19.5 Å². The summed E-state index contributed by atoms with van der Waals surface area (Å²) in [6, 6.07) is 7.37. The van der Waals surface area contributed by atoms with Crippen molar-refractivity contribution in [3.8, 4) is 0 Å². The summed E-state index contributed by atoms with van der Waals surface area (Å²) in [5, 5.41) is 9.28. The molecule has 40 heavy (non-hydrogen) atoms. The number of anilines is 2. The van der Waals surface area contributed by atoms with Gasteiger partial charge < -0.3 is 24.7 Å². The minimum atomic E-state index is -0.812. The first-order chi connectivity index (χ1) is 19.4. The van der Waals surface area contributed by atoms with Crippen molar-refractivity contribution >= 4 is 40.9 Å². The molecule has 0 aliphatic carbocycles. The van der Waals surface area contributed by atoms with E-state index >= 15 is 0 Å². The van der Waals surface area contributed by atoms with Gasteiger partial charge in [0.05, 0.1) is 16.6 Å². The third-order valence-corrected chi connectivity index (χ3v) is 10.6. The van der Waals surface area contributed by atoms with Gasteiger partial charge in [-0.05, 0) is 57.4 Å². The summed E-state index contributed by atoms with van der Waals surface area (Å²) >= 11 is 1.62. The maximum atomic E-state index is 14.5. The Bertz CT molecular complexity index is 1170. The average Bonchev–Trinajstić information content (AvgIpc) is 3.27. The Hall–Kier alpha value is -2.78. The van der Waals surface area contributed by atoms with Crippen LogP contribution in [0.15, 0.2) is 48.6 Å². The van der Waals surface area contributed by atoms with E-state index < -0.39 is 22.6 Å². The maximum absolute atomic E-state index is 14.5. The number of carbonyl (C=O) groups excluding carboxylic acids is 3. The molecule has 4 aliphatic rings. The number of carbonyl (C=O) groups is 3. The monoisotopic (exact) mass is 566 g/mol. The molecule has 2 saturated heterocycles. The van der Waals surface area contributed by atoms with E-state index in [1.54, 1.807) is 21.6 Å². The molecule has 5 atom stereocenters. The molecule has 2 fully saturated rings. The van der Waals surface area contributed by atoms with Crippen LogP contribution in [0.5, 0.6) is 0 Å². The lowest BCUT2D eigenvalue weighted by Crippen LogP contribution is -2.53. The summed E-state index contributed by atoms with van der Waals surface area (Å²) in [7, 11) is 0. The van der Waals surface area contributed by atoms with Crippen LogP contribution in [0, 0.1) is 11.8 Å². The fourth-order valence-electron chi connectivity index (χ4n) is 6.96. The predicted octanol–water partition coefficient (Wildman–Crippen LogP) is 3.31. The van der Waals surface area contributed by atoms with E-state index in [0.717, 1.165) is 30.9 Å². The van der Waals surface area contributed by atoms with Gasteiger partial charge in [-0.25, -0.2) is 0 Å². The quantitative estimate of drug-likeness (QED) is 0.346. The number of benzene rings is 1. The second-order valence-electron chi connectivity index (χ2n) is 11.1. The molecule has 8 nitrogen and oxygen atoms in total. The molecule has 5 rings (SSSR count). The van der Waals surface area contributed by atoms with Crippen LogP contribution in [0.4, 0.5) is 11.4 Å². The number of aliphatic hydroxyl groups is 1. The van der Waals surface area contributed by atoms with Crippen LogP contribution in [-0.2, 0) is 14.4 Å². The van der Waals surface area contributed by atoms with Crippen LogP contribution in [0.1, 0.15) is 40.0 Å². The number of amides is 3. The highest BCUT2D eigenvalue weighted by Gasteiger charge is 2.70. The first-order valence-corrected chi connectivity index (χ1v) is 15.7. The van der Waals surface area contributed by atoms with Gasteiger partial charge in [-0.1, -0.05) is 31.2 Å². The van der Waals surface area contributed by atoms with Gasteiger partial charge in [0, 0.05) is 62.5 Å². The molecule has 4 aliphatic heterocycles. The van der Waals surface area contributed by atoms with E-state index in [0.29, 0.717) is 39.0 Å². The number of likely N-dealkylation sites (tertiary alicyclic amines) is 1. The Morgan fingerprint density at radius 1 is 0.950 bits per heavy atom. The first-order valence-electron chi connectivity index (χ1n) is 14.8. The Labute approximate surface area is 242 Å². The molecule has 0 bridgehead atoms. The molecule has 1 unspecified atom stereocenters. The van der Waals surface area contributed by atoms with Crippen molar-refractivity contribution in [1.29, 1.82) is 0 Å². The average molecular weight is 567 g/mol. The van der Waals surface area contributed by atoms with Crippen LogP contribution in [0.25, 0.3) is 0 Å². The molecule has 3 amide bonds. The second-order valence-corrected chi connectivity index (χ2v) is 12.5. The molecule has 0 aromatic heterocycles. The van der Waals surface area contributed by atoms with E-state index in [1.807, 2.05) is 29.2 Å². The molecule has 1 spiro atoms. The molecule has 216 valence electrons. The molecule has 1 aromatic carbocycles. The Morgan fingerprint density at radius 2 is 1.70 bits per heavy atom. The van der Waals surface area contributed by atoms with Crippen molar-refractivity contribution in [2.45, 2.75) is 56.1 Å². The van der Waals surface area contributed by atoms with Gasteiger partial charge in [-0.2, -0.15) is 0 Å². The highest BCUT2D eigenvalue weighted by molar-refractivity contribution is 8.02. The fourth-order valence-corrected chi connectivity index (χ4v) is 8.97. The minimum Gasteiger partial charge on any atom is -0.396 e. The number of aliphatic hydroxyl groups excluding tert-OH is 1. The molecule has 0 saturated carbocycles. The zero-order valence-electron chi connectivity index (χ0n) is 23.9. The number of fused-ring (bicyclic) bond motifs is 2. The molecular weight excluding hydrogens is 524 g/mol. The SMILES string of the molecule is CCCN1CC=C[C@@H]2S[C@]34C=CCN(c5ccc(N(CC)CC)cc5)C(=O)C3N(CCCCO)C(=O)[C@@H]4[C@@H]2C1=O. The molecule has 0 radical (unpaired) electrons. The van der Waals surface area contributed by atoms with Crippen LogP contribution >= 0.6 is 11.8 Å². The molecule has 1 N–H and O–H groups in total. The summed E-state index contributed by atoms with van der Waals surface area (Å²) in [5.41, 5.74) is 1.91. The van der Waals surface area contributed by atoms with Crippen molar-refractivity contribution in [3.63, 3.8) is 0 Å². The fraction of sp³-hybridized carbons (Fsp3) is 0.581. The Balaban J connectivity index is 1.53. The standard InChI is InChI=1S/C31H42N4O4S/c1-4-17-33-18-9-11-24-25(28(33)37)26-29(38)35(19-7-8-21-36)27-30(39)34(20-10-16-31(26,27)40-24)23-14-12-22(13-15-23)32(5-2)6-3/h9-16,24-27,36H,4-8,17-21H2,1-3H3/t24-,25+,26-,27?,31-/m0/s1. The summed E-state index contributed by atoms with van der Waals surface area (Å²) in [6.45, 7) is 10.2. The van der Waals surface area contributed by atoms with Gasteiger partial charge >= 0.3 is 0 Å². The maximum Gasteiger partial charge on any atom is 0.251 e. The van der Waals surface area contributed by atoms with Gasteiger partial charge in [0.15, 0.2) is 0 Å². The van der Waals surface area contributed by atoms with E-state index in [9.17, 15) is 19.5 Å². The minimum absolute atomic E-state index is 0.0180. The zero-order chi connectivity index (χ0) is 28.4. The van der Waals surface area contributed by atoms with Crippen LogP contribution in [0.3, 0.4) is 0 Å². The zero-order valence-corrected chi connectivity index (χ0v) is 24.7. The van der Waals surface area contributed by atoms with E-state index in [-0.39, 0.29) is 29.6 Å². The lowest BCUT2D eigenvalue weighted by molar-refractivity contribution is -0.142. The Kier molecular flexibility index (Phi) is 8.61. The smallest absolute Gasteiger partial charge is 0.251 e. The van der Waals surface area contributed by atoms with Gasteiger partial charge in [0.1, 0.15) is 6.04 Å². The topological polar surface area (TPSA) is 84.4 Å². The van der Waals surface area contributed by atoms with E-state index in [4.69, 9.17) is 0 Å². The number of hydrogen-bond donors (Lipinski definition) is 1. The van der Waals surface area contributed by atoms with Crippen molar-refractivity contribution in [2.75, 3.05) is 55.7 Å². The summed E-state index contributed by atoms with van der Waals surface area (Å²) in [6.07, 6.45) is 10.2. The normalized spacial score (nSPS) is 29.4. The lowest BCUT2D eigenvalue weighted by atomic mass is 9.78. The third kappa shape index (κ3) is 4.75. The number of nitrogens with zero attached hydrogens (tertiary/aromatic N) is 4. The summed E-state index contributed by atoms with van der Waals surface area (Å²) < 4.78 is -0.812. The third-order valence-electron chi connectivity index (χ3n) is 8.83. The highest BCUT2D eigenvalue weighted by Crippen LogP contribution is 2.61. The van der Waals surface area contributed by atoms with Crippen LogP contribution in [0.2, 0.25) is 0 Å². The van der Waals surface area contributed by atoms with Crippen LogP contribution < -0.4 is 9.80 Å². The molecule has 4 heterocycles. The number of hydrogen-bond acceptors (Lipinski definition) is 6. The number of unbranched alkanes of at least 4 members (excludes halogenated alkanes) is 1. The van der Waals surface area contributed by atoms with Gasteiger partial charge in [-0.15, -0.1) is 11.8 Å². The molecule has 1 aromatic rings. The number of thioether (sulfide) groups is 1. The van der Waals surface area contributed by atoms with E-state index in [1.165, 1.54) is 0 Å². The second kappa shape index (κ2) is 12.0. The van der Waals surface area contributed by atoms with Crippen molar-refractivity contribution in [1.82, 2.24) is 9.80 Å². The largest absolute Gasteiger partial charge is 0.396 e. The van der Waals surface area contributed by atoms with Gasteiger partial charge in [0.25, 0.3) is 5.91 Å². The number of rotatable bonds is 10. The lowest BCUT2D eigenvalue weighted by Gasteiger charge is -2.35. The van der Waals surface area contributed by atoms with Gasteiger partial charge in [0.2, 0.25) is 11.8 Å². The predicted molar refractivity (Wildman–Crippen MR) is 160 cm³/mol. The summed E-state index contributed by atoms with van der Waals surface area (Å²) in [5.74, 6) is -1.29. The van der Waals surface area contributed by atoms with Crippen LogP contribution in [-0.4, -0.2) is 94.5 Å². The highest BCUT2D eigenvalue weighted by atomic mass is 32.2. The van der Waals surface area contributed by atoms with Gasteiger partial charge in [-0.3, -0.25) is 14.4 Å². The van der Waals surface area contributed by atoms with Crippen molar-refractivity contribution in [2.24, 2.45) is 11.8 Å². The Morgan fingerprint density at radius 3 is 2.38 bits per heavy atom. The molecular formula is C31H42N4O4S. The van der Waals surface area contributed by atoms with E-state index in [2.05, 4.69) is 50.0 Å².